The van der Waals surface area contributed by atoms with Gasteiger partial charge < -0.3 is 10.2 Å². The van der Waals surface area contributed by atoms with Gasteiger partial charge in [0.1, 0.15) is 0 Å². The van der Waals surface area contributed by atoms with Crippen LogP contribution < -0.4 is 5.32 Å². The first-order chi connectivity index (χ1) is 10.6. The van der Waals surface area contributed by atoms with E-state index in [1.54, 1.807) is 4.90 Å². The number of benzene rings is 1. The van der Waals surface area contributed by atoms with Crippen LogP contribution in [0.2, 0.25) is 0 Å². The predicted octanol–water partition coefficient (Wildman–Crippen LogP) is 3.40. The Morgan fingerprint density at radius 3 is 2.50 bits per heavy atom. The highest BCUT2D eigenvalue weighted by atomic mass is 32.2. The van der Waals surface area contributed by atoms with Crippen LogP contribution in [0.3, 0.4) is 0 Å². The van der Waals surface area contributed by atoms with E-state index in [1.807, 2.05) is 19.2 Å². The third-order valence-electron chi connectivity index (χ3n) is 4.25. The number of carbonyl (C=O) groups is 1. The second-order valence-electron chi connectivity index (χ2n) is 5.92. The molecule has 2 amide bonds. The van der Waals surface area contributed by atoms with Crippen LogP contribution in [0, 0.1) is 0 Å². The fourth-order valence-electron chi connectivity index (χ4n) is 2.68. The van der Waals surface area contributed by atoms with Gasteiger partial charge in [0.25, 0.3) is 0 Å². The molecule has 1 fully saturated rings. The summed E-state index contributed by atoms with van der Waals surface area (Å²) in [6, 6.07) is 8.20. The van der Waals surface area contributed by atoms with Crippen LogP contribution in [-0.4, -0.2) is 39.7 Å². The number of urea groups is 1. The number of hydrogen-bond acceptors (Lipinski definition) is 2. The quantitative estimate of drug-likeness (QED) is 0.903. The molecule has 122 valence electrons. The molecule has 0 bridgehead atoms. The SMILES string of the molecule is CCCCc1ccc(NC(=O)N(C)C2CCS(=O)CC2)cc1. The topological polar surface area (TPSA) is 49.4 Å². The lowest BCUT2D eigenvalue weighted by Crippen LogP contribution is -2.43. The summed E-state index contributed by atoms with van der Waals surface area (Å²) in [5.74, 6) is 1.41. The molecular formula is C17H26N2O2S. The van der Waals surface area contributed by atoms with E-state index in [-0.39, 0.29) is 12.1 Å². The molecule has 0 aliphatic carbocycles. The highest BCUT2D eigenvalue weighted by Gasteiger charge is 2.24. The molecule has 1 heterocycles. The monoisotopic (exact) mass is 322 g/mol. The molecule has 1 aliphatic rings. The van der Waals surface area contributed by atoms with Gasteiger partial charge in [0.15, 0.2) is 0 Å². The van der Waals surface area contributed by atoms with Crippen LogP contribution in [0.5, 0.6) is 0 Å². The van der Waals surface area contributed by atoms with Gasteiger partial charge in [-0.2, -0.15) is 0 Å². The van der Waals surface area contributed by atoms with Gasteiger partial charge in [0.05, 0.1) is 0 Å². The van der Waals surface area contributed by atoms with Crippen LogP contribution in [0.25, 0.3) is 0 Å². The smallest absolute Gasteiger partial charge is 0.321 e. The molecule has 1 aromatic carbocycles. The molecule has 0 spiro atoms. The van der Waals surface area contributed by atoms with Crippen molar-refractivity contribution in [3.05, 3.63) is 29.8 Å². The number of nitrogens with zero attached hydrogens (tertiary/aromatic N) is 1. The van der Waals surface area contributed by atoms with E-state index in [4.69, 9.17) is 0 Å². The van der Waals surface area contributed by atoms with Crippen LogP contribution in [-0.2, 0) is 17.2 Å². The molecule has 1 aliphatic heterocycles. The zero-order valence-corrected chi connectivity index (χ0v) is 14.3. The van der Waals surface area contributed by atoms with Gasteiger partial charge in [-0.1, -0.05) is 25.5 Å². The minimum absolute atomic E-state index is 0.0843. The van der Waals surface area contributed by atoms with Crippen LogP contribution in [0.1, 0.15) is 38.2 Å². The van der Waals surface area contributed by atoms with Gasteiger partial charge in [-0.3, -0.25) is 4.21 Å². The van der Waals surface area contributed by atoms with Gasteiger partial charge in [-0.15, -0.1) is 0 Å². The van der Waals surface area contributed by atoms with Crippen LogP contribution >= 0.6 is 0 Å². The van der Waals surface area contributed by atoms with Crippen molar-refractivity contribution in [1.29, 1.82) is 0 Å². The lowest BCUT2D eigenvalue weighted by molar-refractivity contribution is 0.199. The molecule has 5 heteroatoms. The number of hydrogen-bond donors (Lipinski definition) is 1. The zero-order chi connectivity index (χ0) is 15.9. The van der Waals surface area contributed by atoms with Crippen molar-refractivity contribution in [2.75, 3.05) is 23.9 Å². The maximum absolute atomic E-state index is 12.3. The van der Waals surface area contributed by atoms with Crippen molar-refractivity contribution >= 4 is 22.5 Å². The molecule has 2 rings (SSSR count). The lowest BCUT2D eigenvalue weighted by atomic mass is 10.1. The minimum atomic E-state index is -0.693. The van der Waals surface area contributed by atoms with Crippen molar-refractivity contribution in [1.82, 2.24) is 4.90 Å². The molecule has 0 radical (unpaired) electrons. The number of anilines is 1. The van der Waals surface area contributed by atoms with Gasteiger partial charge in [0.2, 0.25) is 0 Å². The van der Waals surface area contributed by atoms with Crippen molar-refractivity contribution < 1.29 is 9.00 Å². The third-order valence-corrected chi connectivity index (χ3v) is 5.63. The Balaban J connectivity index is 1.86. The molecule has 0 aromatic heterocycles. The van der Waals surface area contributed by atoms with Gasteiger partial charge in [-0.05, 0) is 43.4 Å². The fraction of sp³-hybridized carbons (Fsp3) is 0.588. The van der Waals surface area contributed by atoms with E-state index in [0.29, 0.717) is 11.5 Å². The summed E-state index contributed by atoms with van der Waals surface area (Å²) in [5.41, 5.74) is 2.14. The van der Waals surface area contributed by atoms with E-state index >= 15 is 0 Å². The van der Waals surface area contributed by atoms with Gasteiger partial charge in [-0.25, -0.2) is 4.79 Å². The molecule has 4 nitrogen and oxygen atoms in total. The Bertz CT molecular complexity index is 506. The van der Waals surface area contributed by atoms with Gasteiger partial charge in [0, 0.05) is 41.1 Å². The molecule has 1 aromatic rings. The van der Waals surface area contributed by atoms with Crippen molar-refractivity contribution in [2.45, 2.75) is 45.1 Å². The van der Waals surface area contributed by atoms with Crippen molar-refractivity contribution in [2.24, 2.45) is 0 Å². The summed E-state index contributed by atoms with van der Waals surface area (Å²) < 4.78 is 11.4. The number of carbonyl (C=O) groups excluding carboxylic acids is 1. The van der Waals surface area contributed by atoms with Crippen LogP contribution in [0.4, 0.5) is 10.5 Å². The lowest BCUT2D eigenvalue weighted by Gasteiger charge is -2.30. The molecule has 1 saturated heterocycles. The fourth-order valence-corrected chi connectivity index (χ4v) is 3.96. The average Bonchev–Trinajstić information content (AvgIpc) is 2.54. The van der Waals surface area contributed by atoms with E-state index in [9.17, 15) is 9.00 Å². The van der Waals surface area contributed by atoms with E-state index in [0.717, 1.165) is 24.9 Å². The van der Waals surface area contributed by atoms with E-state index in [1.165, 1.54) is 18.4 Å². The minimum Gasteiger partial charge on any atom is -0.325 e. The Hall–Kier alpha value is -1.36. The Morgan fingerprint density at radius 1 is 1.27 bits per heavy atom. The zero-order valence-electron chi connectivity index (χ0n) is 13.5. The number of aryl methyl sites for hydroxylation is 1. The standard InChI is InChI=1S/C17H26N2O2S/c1-3-4-5-14-6-8-15(9-7-14)18-17(20)19(2)16-10-12-22(21)13-11-16/h6-9,16H,3-5,10-13H2,1-2H3,(H,18,20). The molecule has 1 N–H and O–H groups in total. The van der Waals surface area contributed by atoms with Crippen LogP contribution in [0.15, 0.2) is 24.3 Å². The normalized spacial score (nSPS) is 21.4. The first kappa shape index (κ1) is 17.0. The highest BCUT2D eigenvalue weighted by Crippen LogP contribution is 2.17. The summed E-state index contributed by atoms with van der Waals surface area (Å²) in [6.45, 7) is 2.19. The average molecular weight is 322 g/mol. The predicted molar refractivity (Wildman–Crippen MR) is 92.7 cm³/mol. The number of amides is 2. The van der Waals surface area contributed by atoms with Gasteiger partial charge >= 0.3 is 6.03 Å². The summed E-state index contributed by atoms with van der Waals surface area (Å²) in [5, 5.41) is 2.94. The highest BCUT2D eigenvalue weighted by molar-refractivity contribution is 7.85. The summed E-state index contributed by atoms with van der Waals surface area (Å²) >= 11 is 0. The maximum atomic E-state index is 12.3. The van der Waals surface area contributed by atoms with Crippen molar-refractivity contribution in [3.8, 4) is 0 Å². The number of unbranched alkanes of at least 4 members (excludes halogenated alkanes) is 1. The Morgan fingerprint density at radius 2 is 1.91 bits per heavy atom. The molecule has 0 saturated carbocycles. The number of nitrogens with one attached hydrogen (secondary N) is 1. The Labute approximate surface area is 135 Å². The summed E-state index contributed by atoms with van der Waals surface area (Å²) in [6.07, 6.45) is 5.12. The van der Waals surface area contributed by atoms with E-state index < -0.39 is 10.8 Å². The molecular weight excluding hydrogens is 296 g/mol. The number of rotatable bonds is 5. The second kappa shape index (κ2) is 8.32. The molecule has 0 unspecified atom stereocenters. The Kier molecular flexibility index (Phi) is 6.43. The molecule has 22 heavy (non-hydrogen) atoms. The third kappa shape index (κ3) is 4.83. The van der Waals surface area contributed by atoms with Crippen molar-refractivity contribution in [3.63, 3.8) is 0 Å². The second-order valence-corrected chi connectivity index (χ2v) is 7.62. The summed E-state index contributed by atoms with van der Waals surface area (Å²) in [4.78, 5) is 14.0. The first-order valence-electron chi connectivity index (χ1n) is 8.08. The maximum Gasteiger partial charge on any atom is 0.321 e. The first-order valence-corrected chi connectivity index (χ1v) is 9.56. The van der Waals surface area contributed by atoms with E-state index in [2.05, 4.69) is 24.4 Å². The largest absolute Gasteiger partial charge is 0.325 e. The molecule has 0 atom stereocenters. The summed E-state index contributed by atoms with van der Waals surface area (Å²) in [7, 11) is 1.13.